The third kappa shape index (κ3) is 4.80. The van der Waals surface area contributed by atoms with E-state index in [-0.39, 0.29) is 18.7 Å². The molecular formula is C13H26N4O2. The van der Waals surface area contributed by atoms with Crippen LogP contribution in [-0.2, 0) is 0 Å². The first-order valence-corrected chi connectivity index (χ1v) is 7.04. The maximum Gasteiger partial charge on any atom is 0.318 e. The highest BCUT2D eigenvalue weighted by molar-refractivity contribution is 5.25. The third-order valence-corrected chi connectivity index (χ3v) is 2.93. The summed E-state index contributed by atoms with van der Waals surface area (Å²) in [4.78, 5) is 2.01. The molecule has 1 unspecified atom stereocenters. The molecule has 1 aromatic heterocycles. The Morgan fingerprint density at radius 2 is 2.05 bits per heavy atom. The number of anilines is 1. The molecule has 19 heavy (non-hydrogen) atoms. The summed E-state index contributed by atoms with van der Waals surface area (Å²) in [5, 5.41) is 20.5. The van der Waals surface area contributed by atoms with E-state index in [1.165, 1.54) is 0 Å². The average molecular weight is 270 g/mol. The van der Waals surface area contributed by atoms with Gasteiger partial charge in [0, 0.05) is 19.2 Å². The van der Waals surface area contributed by atoms with Crippen LogP contribution in [0.3, 0.4) is 0 Å². The molecule has 110 valence electrons. The van der Waals surface area contributed by atoms with Gasteiger partial charge in [0.1, 0.15) is 0 Å². The van der Waals surface area contributed by atoms with Gasteiger partial charge in [-0.15, -0.1) is 5.10 Å². The Morgan fingerprint density at radius 1 is 1.32 bits per heavy atom. The minimum atomic E-state index is 0.0630. The van der Waals surface area contributed by atoms with Crippen LogP contribution < -0.4 is 10.2 Å². The van der Waals surface area contributed by atoms with Crippen molar-refractivity contribution in [3.8, 4) is 0 Å². The summed E-state index contributed by atoms with van der Waals surface area (Å²) in [5.74, 6) is 0.609. The van der Waals surface area contributed by atoms with Crippen molar-refractivity contribution in [1.82, 2.24) is 15.5 Å². The largest absolute Gasteiger partial charge is 0.406 e. The molecule has 1 heterocycles. The predicted octanol–water partition coefficient (Wildman–Crippen LogP) is 1.73. The van der Waals surface area contributed by atoms with Crippen molar-refractivity contribution >= 4 is 6.01 Å². The number of aliphatic hydroxyl groups is 1. The molecule has 0 aromatic carbocycles. The van der Waals surface area contributed by atoms with Crippen LogP contribution in [0.25, 0.3) is 0 Å². The van der Waals surface area contributed by atoms with E-state index < -0.39 is 0 Å². The fourth-order valence-electron chi connectivity index (χ4n) is 1.78. The minimum absolute atomic E-state index is 0.0630. The van der Waals surface area contributed by atoms with Gasteiger partial charge < -0.3 is 19.7 Å². The zero-order chi connectivity index (χ0) is 14.3. The molecule has 1 aromatic rings. The lowest BCUT2D eigenvalue weighted by Crippen LogP contribution is -2.32. The van der Waals surface area contributed by atoms with E-state index in [1.807, 2.05) is 11.8 Å². The molecule has 0 saturated carbocycles. The van der Waals surface area contributed by atoms with Crippen LogP contribution in [0.15, 0.2) is 4.42 Å². The van der Waals surface area contributed by atoms with Crippen LogP contribution in [0, 0.1) is 0 Å². The van der Waals surface area contributed by atoms with Gasteiger partial charge in [-0.3, -0.25) is 0 Å². The van der Waals surface area contributed by atoms with Crippen molar-refractivity contribution in [2.24, 2.45) is 0 Å². The topological polar surface area (TPSA) is 74.4 Å². The number of nitrogens with zero attached hydrogens (tertiary/aromatic N) is 3. The van der Waals surface area contributed by atoms with E-state index in [9.17, 15) is 0 Å². The molecule has 0 saturated heterocycles. The van der Waals surface area contributed by atoms with E-state index in [1.54, 1.807) is 0 Å². The van der Waals surface area contributed by atoms with Crippen LogP contribution in [0.2, 0.25) is 0 Å². The van der Waals surface area contributed by atoms with Gasteiger partial charge in [0.2, 0.25) is 5.89 Å². The van der Waals surface area contributed by atoms with Crippen molar-refractivity contribution in [2.45, 2.75) is 52.6 Å². The molecular weight excluding hydrogens is 244 g/mol. The summed E-state index contributed by atoms with van der Waals surface area (Å²) in [7, 11) is 0. The number of aliphatic hydroxyl groups excluding tert-OH is 1. The summed E-state index contributed by atoms with van der Waals surface area (Å²) in [6.45, 7) is 10.1. The predicted molar refractivity (Wildman–Crippen MR) is 75.2 cm³/mol. The molecule has 0 spiro atoms. The Labute approximate surface area is 115 Å². The quantitative estimate of drug-likeness (QED) is 0.712. The molecule has 0 aliphatic carbocycles. The summed E-state index contributed by atoms with van der Waals surface area (Å²) in [6.07, 6.45) is 1.76. The molecule has 6 heteroatoms. The number of aromatic nitrogens is 2. The summed E-state index contributed by atoms with van der Waals surface area (Å²) in [5.41, 5.74) is 0. The zero-order valence-corrected chi connectivity index (χ0v) is 12.4. The minimum Gasteiger partial charge on any atom is -0.406 e. The van der Waals surface area contributed by atoms with Gasteiger partial charge in [0.15, 0.2) is 0 Å². The fraction of sp³-hybridized carbons (Fsp3) is 0.846. The molecule has 1 rings (SSSR count). The van der Waals surface area contributed by atoms with Crippen LogP contribution in [0.1, 0.15) is 52.5 Å². The first-order chi connectivity index (χ1) is 9.10. The molecule has 0 aliphatic heterocycles. The molecule has 0 aliphatic rings. The average Bonchev–Trinajstić information content (AvgIpc) is 2.85. The normalized spacial score (nSPS) is 12.9. The number of nitrogens with one attached hydrogen (secondary N) is 1. The summed E-state index contributed by atoms with van der Waals surface area (Å²) in [6, 6.07) is 0.857. The van der Waals surface area contributed by atoms with Crippen molar-refractivity contribution in [1.29, 1.82) is 0 Å². The van der Waals surface area contributed by atoms with Gasteiger partial charge in [0.05, 0.1) is 6.04 Å². The van der Waals surface area contributed by atoms with Gasteiger partial charge in [-0.2, -0.15) is 0 Å². The lowest BCUT2D eigenvalue weighted by Gasteiger charge is -2.23. The van der Waals surface area contributed by atoms with Gasteiger partial charge in [-0.25, -0.2) is 0 Å². The maximum absolute atomic E-state index is 8.93. The molecule has 0 amide bonds. The van der Waals surface area contributed by atoms with E-state index in [4.69, 9.17) is 9.52 Å². The van der Waals surface area contributed by atoms with Crippen molar-refractivity contribution in [3.63, 3.8) is 0 Å². The van der Waals surface area contributed by atoms with Crippen LogP contribution in [-0.4, -0.2) is 41.0 Å². The van der Waals surface area contributed by atoms with E-state index in [0.717, 1.165) is 13.0 Å². The zero-order valence-electron chi connectivity index (χ0n) is 12.4. The van der Waals surface area contributed by atoms with Gasteiger partial charge in [-0.1, -0.05) is 12.0 Å². The number of hydrogen-bond donors (Lipinski definition) is 2. The molecule has 0 bridgehead atoms. The monoisotopic (exact) mass is 270 g/mol. The molecule has 6 nitrogen and oxygen atoms in total. The van der Waals surface area contributed by atoms with Gasteiger partial charge in [-0.05, 0) is 40.2 Å². The highest BCUT2D eigenvalue weighted by Crippen LogP contribution is 2.19. The first-order valence-electron chi connectivity index (χ1n) is 7.04. The Bertz CT molecular complexity index is 354. The van der Waals surface area contributed by atoms with Crippen LogP contribution >= 0.6 is 0 Å². The molecule has 0 fully saturated rings. The molecule has 0 radical (unpaired) electrons. The van der Waals surface area contributed by atoms with Crippen molar-refractivity contribution < 1.29 is 9.52 Å². The lowest BCUT2D eigenvalue weighted by molar-refractivity contribution is 0.287. The standard InChI is InChI=1S/C13H26N4O2/c1-5-7-14-11(4)12-15-16-13(19-12)17(10(2)3)8-6-9-18/h10-11,14,18H,5-9H2,1-4H3. The second kappa shape index (κ2) is 8.12. The molecule has 1 atom stereocenters. The maximum atomic E-state index is 8.93. The van der Waals surface area contributed by atoms with Crippen LogP contribution in [0.4, 0.5) is 6.01 Å². The van der Waals surface area contributed by atoms with Crippen molar-refractivity contribution in [3.05, 3.63) is 5.89 Å². The Hall–Kier alpha value is -1.14. The van der Waals surface area contributed by atoms with Crippen LogP contribution in [0.5, 0.6) is 0 Å². The van der Waals surface area contributed by atoms with E-state index in [0.29, 0.717) is 24.9 Å². The van der Waals surface area contributed by atoms with Gasteiger partial charge >= 0.3 is 6.01 Å². The second-order valence-electron chi connectivity index (χ2n) is 4.96. The summed E-state index contributed by atoms with van der Waals surface area (Å²) < 4.78 is 5.72. The van der Waals surface area contributed by atoms with Gasteiger partial charge in [0.25, 0.3) is 0 Å². The Morgan fingerprint density at radius 3 is 2.63 bits per heavy atom. The highest BCUT2D eigenvalue weighted by Gasteiger charge is 2.19. The van der Waals surface area contributed by atoms with E-state index >= 15 is 0 Å². The SMILES string of the molecule is CCCNC(C)c1nnc(N(CCCO)C(C)C)o1. The Kier molecular flexibility index (Phi) is 6.80. The fourth-order valence-corrected chi connectivity index (χ4v) is 1.78. The van der Waals surface area contributed by atoms with E-state index in [2.05, 4.69) is 36.3 Å². The molecule has 2 N–H and O–H groups in total. The second-order valence-corrected chi connectivity index (χ2v) is 4.96. The number of rotatable bonds is 9. The highest BCUT2D eigenvalue weighted by atomic mass is 16.4. The third-order valence-electron chi connectivity index (χ3n) is 2.93. The first kappa shape index (κ1) is 15.9. The Balaban J connectivity index is 2.69. The van der Waals surface area contributed by atoms with Crippen molar-refractivity contribution in [2.75, 3.05) is 24.6 Å². The smallest absolute Gasteiger partial charge is 0.318 e. The summed E-state index contributed by atoms with van der Waals surface area (Å²) >= 11 is 0. The number of hydrogen-bond acceptors (Lipinski definition) is 6. The lowest BCUT2D eigenvalue weighted by atomic mass is 10.3.